The van der Waals surface area contributed by atoms with Crippen LogP contribution in [0.3, 0.4) is 0 Å². The van der Waals surface area contributed by atoms with Crippen LogP contribution in [0.1, 0.15) is 64.7 Å². The smallest absolute Gasteiger partial charge is 0.330 e. The van der Waals surface area contributed by atoms with Crippen LogP contribution < -0.4 is 0 Å². The van der Waals surface area contributed by atoms with E-state index in [-0.39, 0.29) is 12.4 Å². The minimum atomic E-state index is -2.90. The van der Waals surface area contributed by atoms with Crippen molar-refractivity contribution in [1.82, 2.24) is 0 Å². The van der Waals surface area contributed by atoms with Crippen LogP contribution in [0, 0.1) is 0 Å². The molecule has 0 aromatic carbocycles. The van der Waals surface area contributed by atoms with Gasteiger partial charge in [-0.15, -0.1) is 0 Å². The summed E-state index contributed by atoms with van der Waals surface area (Å²) in [5, 5.41) is 0. The van der Waals surface area contributed by atoms with Gasteiger partial charge in [0.05, 0.1) is 12.3 Å². The molecule has 1 heterocycles. The Labute approximate surface area is 135 Å². The molecule has 6 heteroatoms. The van der Waals surface area contributed by atoms with Gasteiger partial charge in [-0.05, 0) is 38.5 Å². The van der Waals surface area contributed by atoms with Crippen LogP contribution in [-0.2, 0) is 23.1 Å². The average Bonchev–Trinajstić information content (AvgIpc) is 2.55. The first-order valence-corrected chi connectivity index (χ1v) is 10.3. The van der Waals surface area contributed by atoms with Gasteiger partial charge in [0.2, 0.25) is 0 Å². The molecule has 2 unspecified atom stereocenters. The third-order valence-electron chi connectivity index (χ3n) is 4.13. The highest BCUT2D eigenvalue weighted by atomic mass is 31.2. The fraction of sp³-hybridized carbons (Fsp3) is 1.00. The van der Waals surface area contributed by atoms with E-state index in [0.29, 0.717) is 6.16 Å². The maximum absolute atomic E-state index is 12.1. The molecular formula is C16H33O5P. The highest BCUT2D eigenvalue weighted by molar-refractivity contribution is 7.53. The zero-order valence-electron chi connectivity index (χ0n) is 14.4. The lowest BCUT2D eigenvalue weighted by molar-refractivity contribution is -0.190. The molecule has 0 aromatic heterocycles. The summed E-state index contributed by atoms with van der Waals surface area (Å²) in [7, 11) is -0.0188. The molecule has 0 aliphatic carbocycles. The Kier molecular flexibility index (Phi) is 10.6. The standard InChI is InChI=1S/C16H33O5P/c1-4-5-6-10-15(21-16-12-7-8-13-20-16)11-9-14-22(17,18-2)19-3/h15-16H,4-14H2,1-3H3. The Morgan fingerprint density at radius 3 is 2.45 bits per heavy atom. The van der Waals surface area contributed by atoms with E-state index in [1.54, 1.807) is 0 Å². The molecule has 0 saturated carbocycles. The van der Waals surface area contributed by atoms with Gasteiger partial charge in [-0.3, -0.25) is 4.57 Å². The summed E-state index contributed by atoms with van der Waals surface area (Å²) in [5.41, 5.74) is 0. The van der Waals surface area contributed by atoms with E-state index in [1.807, 2.05) is 0 Å². The molecule has 0 bridgehead atoms. The second kappa shape index (κ2) is 11.6. The fourth-order valence-electron chi connectivity index (χ4n) is 2.71. The number of ether oxygens (including phenoxy) is 2. The molecule has 2 atom stereocenters. The Balaban J connectivity index is 2.37. The summed E-state index contributed by atoms with van der Waals surface area (Å²) < 4.78 is 33.8. The molecule has 132 valence electrons. The van der Waals surface area contributed by atoms with Gasteiger partial charge in [0.25, 0.3) is 0 Å². The average molecular weight is 336 g/mol. The first-order valence-electron chi connectivity index (χ1n) is 8.61. The van der Waals surface area contributed by atoms with Crippen molar-refractivity contribution in [3.8, 4) is 0 Å². The van der Waals surface area contributed by atoms with Crippen LogP contribution >= 0.6 is 7.60 Å². The molecule has 0 radical (unpaired) electrons. The maximum Gasteiger partial charge on any atom is 0.330 e. The summed E-state index contributed by atoms with van der Waals surface area (Å²) >= 11 is 0. The van der Waals surface area contributed by atoms with Gasteiger partial charge in [-0.1, -0.05) is 26.2 Å². The van der Waals surface area contributed by atoms with Gasteiger partial charge >= 0.3 is 7.60 Å². The van der Waals surface area contributed by atoms with Crippen molar-refractivity contribution in [3.63, 3.8) is 0 Å². The first kappa shape index (κ1) is 20.1. The molecule has 0 amide bonds. The third kappa shape index (κ3) is 8.07. The Hall–Kier alpha value is 0.0700. The van der Waals surface area contributed by atoms with E-state index in [9.17, 15) is 4.57 Å². The lowest BCUT2D eigenvalue weighted by Gasteiger charge is -2.28. The van der Waals surface area contributed by atoms with Gasteiger partial charge in [-0.25, -0.2) is 0 Å². The van der Waals surface area contributed by atoms with Crippen molar-refractivity contribution < 1.29 is 23.1 Å². The summed E-state index contributed by atoms with van der Waals surface area (Å²) in [5.74, 6) is 0. The zero-order valence-corrected chi connectivity index (χ0v) is 15.3. The Morgan fingerprint density at radius 1 is 1.14 bits per heavy atom. The van der Waals surface area contributed by atoms with Gasteiger partial charge in [0.1, 0.15) is 0 Å². The fourth-order valence-corrected chi connectivity index (χ4v) is 3.79. The van der Waals surface area contributed by atoms with E-state index in [1.165, 1.54) is 39.9 Å². The second-order valence-electron chi connectivity index (χ2n) is 5.89. The molecule has 0 N–H and O–H groups in total. The monoisotopic (exact) mass is 336 g/mol. The first-order chi connectivity index (χ1) is 10.6. The summed E-state index contributed by atoms with van der Waals surface area (Å²) in [6.07, 6.45) is 10.1. The second-order valence-corrected chi connectivity index (χ2v) is 8.29. The van der Waals surface area contributed by atoms with Crippen molar-refractivity contribution >= 4 is 7.60 Å². The predicted octanol–water partition coefficient (Wildman–Crippen LogP) is 4.74. The zero-order chi connectivity index (χ0) is 16.3. The molecular weight excluding hydrogens is 303 g/mol. The third-order valence-corrected chi connectivity index (χ3v) is 6.10. The number of hydrogen-bond donors (Lipinski definition) is 0. The molecule has 1 aliphatic heterocycles. The van der Waals surface area contributed by atoms with E-state index in [4.69, 9.17) is 18.5 Å². The van der Waals surface area contributed by atoms with Crippen LogP contribution in [0.2, 0.25) is 0 Å². The van der Waals surface area contributed by atoms with E-state index >= 15 is 0 Å². The predicted molar refractivity (Wildman–Crippen MR) is 88.3 cm³/mol. The van der Waals surface area contributed by atoms with Gasteiger partial charge < -0.3 is 18.5 Å². The Morgan fingerprint density at radius 2 is 1.86 bits per heavy atom. The molecule has 1 rings (SSSR count). The minimum Gasteiger partial charge on any atom is -0.353 e. The van der Waals surface area contributed by atoms with Crippen molar-refractivity contribution in [3.05, 3.63) is 0 Å². The van der Waals surface area contributed by atoms with Crippen molar-refractivity contribution in [1.29, 1.82) is 0 Å². The van der Waals surface area contributed by atoms with Crippen molar-refractivity contribution in [2.45, 2.75) is 77.1 Å². The van der Waals surface area contributed by atoms with E-state index < -0.39 is 7.60 Å². The normalized spacial score (nSPS) is 21.0. The highest BCUT2D eigenvalue weighted by Crippen LogP contribution is 2.47. The van der Waals surface area contributed by atoms with Crippen LogP contribution in [0.4, 0.5) is 0 Å². The van der Waals surface area contributed by atoms with E-state index in [0.717, 1.165) is 38.7 Å². The summed E-state index contributed by atoms with van der Waals surface area (Å²) in [6.45, 7) is 3.00. The molecule has 5 nitrogen and oxygen atoms in total. The SMILES string of the molecule is CCCCCC(CCCP(=O)(OC)OC)OC1CCCCO1. The van der Waals surface area contributed by atoms with Crippen LogP contribution in [0.15, 0.2) is 0 Å². The Bertz CT molecular complexity index is 310. The molecule has 0 aromatic rings. The quantitative estimate of drug-likeness (QED) is 0.380. The highest BCUT2D eigenvalue weighted by Gasteiger charge is 2.23. The topological polar surface area (TPSA) is 54.0 Å². The molecule has 0 spiro atoms. The van der Waals surface area contributed by atoms with Crippen LogP contribution in [-0.4, -0.2) is 39.4 Å². The van der Waals surface area contributed by atoms with E-state index in [2.05, 4.69) is 6.92 Å². The van der Waals surface area contributed by atoms with Crippen LogP contribution in [0.25, 0.3) is 0 Å². The maximum atomic E-state index is 12.1. The van der Waals surface area contributed by atoms with Crippen molar-refractivity contribution in [2.75, 3.05) is 27.0 Å². The van der Waals surface area contributed by atoms with Gasteiger partial charge in [0.15, 0.2) is 6.29 Å². The van der Waals surface area contributed by atoms with Gasteiger partial charge in [0, 0.05) is 20.8 Å². The van der Waals surface area contributed by atoms with Crippen molar-refractivity contribution in [2.24, 2.45) is 0 Å². The largest absolute Gasteiger partial charge is 0.353 e. The molecule has 1 aliphatic rings. The lowest BCUT2D eigenvalue weighted by Crippen LogP contribution is -2.28. The number of rotatable bonds is 12. The molecule has 1 saturated heterocycles. The lowest BCUT2D eigenvalue weighted by atomic mass is 10.1. The van der Waals surface area contributed by atoms with Crippen LogP contribution in [0.5, 0.6) is 0 Å². The van der Waals surface area contributed by atoms with Gasteiger partial charge in [-0.2, -0.15) is 0 Å². The summed E-state index contributed by atoms with van der Waals surface area (Å²) in [6, 6.07) is 0. The number of unbranched alkanes of at least 4 members (excludes halogenated alkanes) is 2. The summed E-state index contributed by atoms with van der Waals surface area (Å²) in [4.78, 5) is 0. The number of hydrogen-bond acceptors (Lipinski definition) is 5. The minimum absolute atomic E-state index is 0.0583. The molecule has 1 fully saturated rings. The molecule has 22 heavy (non-hydrogen) atoms.